The normalized spacial score (nSPS) is 16.6. The highest BCUT2D eigenvalue weighted by Crippen LogP contribution is 2.28. The number of nitrogens with zero attached hydrogens (tertiary/aromatic N) is 1. The molecule has 0 radical (unpaired) electrons. The molecule has 0 aliphatic carbocycles. The number of likely N-dealkylation sites (tertiary alicyclic amines) is 1. The van der Waals surface area contributed by atoms with Crippen LogP contribution < -0.4 is 5.32 Å². The van der Waals surface area contributed by atoms with Crippen molar-refractivity contribution in [1.82, 2.24) is 10.2 Å². The molecular formula is C19H18F2N2O3. The zero-order valence-corrected chi connectivity index (χ0v) is 14.1. The Bertz CT molecular complexity index is 829. The summed E-state index contributed by atoms with van der Waals surface area (Å²) in [6.07, 6.45) is 0.706. The molecule has 7 heteroatoms. The van der Waals surface area contributed by atoms with E-state index in [1.165, 1.54) is 6.92 Å². The fourth-order valence-electron chi connectivity index (χ4n) is 3.08. The molecular weight excluding hydrogens is 342 g/mol. The summed E-state index contributed by atoms with van der Waals surface area (Å²) in [6.45, 7) is 2.46. The Hall–Kier alpha value is -2.96. The van der Waals surface area contributed by atoms with Crippen molar-refractivity contribution < 1.29 is 23.5 Å². The molecule has 0 unspecified atom stereocenters. The van der Waals surface area contributed by atoms with Gasteiger partial charge in [0.25, 0.3) is 5.91 Å². The van der Waals surface area contributed by atoms with Crippen LogP contribution in [-0.4, -0.2) is 41.0 Å². The number of carbonyl (C=O) groups is 2. The van der Waals surface area contributed by atoms with Gasteiger partial charge in [0.05, 0.1) is 0 Å². The second-order valence-corrected chi connectivity index (χ2v) is 6.31. The summed E-state index contributed by atoms with van der Waals surface area (Å²) < 4.78 is 26.6. The highest BCUT2D eigenvalue weighted by Gasteiger charge is 2.27. The Labute approximate surface area is 149 Å². The first-order valence-corrected chi connectivity index (χ1v) is 8.20. The van der Waals surface area contributed by atoms with E-state index in [1.807, 2.05) is 0 Å². The Morgan fingerprint density at radius 3 is 2.46 bits per heavy atom. The molecule has 1 fully saturated rings. The average molecular weight is 360 g/mol. The minimum Gasteiger partial charge on any atom is -0.505 e. The Morgan fingerprint density at radius 1 is 1.15 bits per heavy atom. The third-order valence-electron chi connectivity index (χ3n) is 4.36. The summed E-state index contributed by atoms with van der Waals surface area (Å²) in [5.74, 6) is -3.47. The van der Waals surface area contributed by atoms with E-state index in [0.717, 1.165) is 12.1 Å². The number of rotatable bonds is 3. The lowest BCUT2D eigenvalue weighted by Crippen LogP contribution is -2.37. The van der Waals surface area contributed by atoms with E-state index in [4.69, 9.17) is 0 Å². The SMILES string of the molecule is CC(=O)N[C@@H]1CCN(C(=O)c2ccc(-c3cc(O)c(F)c(F)c3)cc2)C1. The maximum absolute atomic E-state index is 13.4. The van der Waals surface area contributed by atoms with Crippen molar-refractivity contribution in [3.05, 3.63) is 53.6 Å². The van der Waals surface area contributed by atoms with Gasteiger partial charge in [-0.1, -0.05) is 12.1 Å². The van der Waals surface area contributed by atoms with Gasteiger partial charge in [-0.2, -0.15) is 4.39 Å². The number of hydrogen-bond donors (Lipinski definition) is 2. The molecule has 2 aromatic carbocycles. The van der Waals surface area contributed by atoms with Crippen LogP contribution in [0.4, 0.5) is 8.78 Å². The molecule has 0 bridgehead atoms. The van der Waals surface area contributed by atoms with Gasteiger partial charge in [-0.25, -0.2) is 4.39 Å². The summed E-state index contributed by atoms with van der Waals surface area (Å²) in [4.78, 5) is 25.3. The molecule has 26 heavy (non-hydrogen) atoms. The van der Waals surface area contributed by atoms with Gasteiger partial charge in [-0.3, -0.25) is 9.59 Å². The van der Waals surface area contributed by atoms with Crippen molar-refractivity contribution in [2.45, 2.75) is 19.4 Å². The van der Waals surface area contributed by atoms with Gasteiger partial charge >= 0.3 is 0 Å². The number of hydrogen-bond acceptors (Lipinski definition) is 3. The van der Waals surface area contributed by atoms with Crippen LogP contribution in [0.25, 0.3) is 11.1 Å². The van der Waals surface area contributed by atoms with Crippen LogP contribution in [0.5, 0.6) is 5.75 Å². The highest BCUT2D eigenvalue weighted by atomic mass is 19.2. The van der Waals surface area contributed by atoms with Gasteiger partial charge in [0, 0.05) is 31.6 Å². The largest absolute Gasteiger partial charge is 0.505 e. The van der Waals surface area contributed by atoms with E-state index in [1.54, 1.807) is 29.2 Å². The Kier molecular flexibility index (Phi) is 4.88. The molecule has 1 saturated heterocycles. The summed E-state index contributed by atoms with van der Waals surface area (Å²) >= 11 is 0. The lowest BCUT2D eigenvalue weighted by atomic mass is 10.0. The minimum absolute atomic E-state index is 0.0408. The molecule has 136 valence electrons. The first-order valence-electron chi connectivity index (χ1n) is 8.20. The molecule has 1 aliphatic rings. The van der Waals surface area contributed by atoms with Crippen LogP contribution in [0.2, 0.25) is 0 Å². The maximum atomic E-state index is 13.4. The summed E-state index contributed by atoms with van der Waals surface area (Å²) in [6, 6.07) is 8.50. The van der Waals surface area contributed by atoms with Crippen LogP contribution in [0.1, 0.15) is 23.7 Å². The van der Waals surface area contributed by atoms with Crippen LogP contribution >= 0.6 is 0 Å². The molecule has 1 heterocycles. The minimum atomic E-state index is -1.29. The fourth-order valence-corrected chi connectivity index (χ4v) is 3.08. The zero-order valence-electron chi connectivity index (χ0n) is 14.1. The van der Waals surface area contributed by atoms with E-state index >= 15 is 0 Å². The summed E-state index contributed by atoms with van der Waals surface area (Å²) in [5, 5.41) is 12.2. The summed E-state index contributed by atoms with van der Waals surface area (Å²) in [5.41, 5.74) is 1.32. The standard InChI is InChI=1S/C19H18F2N2O3/c1-11(24)22-15-6-7-23(10-15)19(26)13-4-2-12(3-5-13)14-8-16(20)18(21)17(25)9-14/h2-5,8-9,15,25H,6-7,10H2,1H3,(H,22,24)/t15-/m1/s1. The number of aromatic hydroxyl groups is 1. The summed E-state index contributed by atoms with van der Waals surface area (Å²) in [7, 11) is 0. The van der Waals surface area contributed by atoms with E-state index < -0.39 is 17.4 Å². The van der Waals surface area contributed by atoms with E-state index in [9.17, 15) is 23.5 Å². The zero-order chi connectivity index (χ0) is 18.8. The third-order valence-corrected chi connectivity index (χ3v) is 4.36. The molecule has 5 nitrogen and oxygen atoms in total. The second kappa shape index (κ2) is 7.11. The van der Waals surface area contributed by atoms with Crippen LogP contribution in [0.3, 0.4) is 0 Å². The van der Waals surface area contributed by atoms with Gasteiger partial charge < -0.3 is 15.3 Å². The monoisotopic (exact) mass is 360 g/mol. The first kappa shape index (κ1) is 17.8. The topological polar surface area (TPSA) is 69.6 Å². The highest BCUT2D eigenvalue weighted by molar-refractivity contribution is 5.95. The fraction of sp³-hybridized carbons (Fsp3) is 0.263. The smallest absolute Gasteiger partial charge is 0.253 e. The molecule has 1 atom stereocenters. The van der Waals surface area contributed by atoms with Crippen LogP contribution in [-0.2, 0) is 4.79 Å². The van der Waals surface area contributed by atoms with E-state index in [-0.39, 0.29) is 17.9 Å². The Morgan fingerprint density at radius 2 is 1.85 bits per heavy atom. The van der Waals surface area contributed by atoms with Gasteiger partial charge in [0.15, 0.2) is 17.4 Å². The molecule has 2 N–H and O–H groups in total. The predicted octanol–water partition coefficient (Wildman–Crippen LogP) is 2.69. The molecule has 0 spiro atoms. The van der Waals surface area contributed by atoms with Crippen molar-refractivity contribution >= 4 is 11.8 Å². The maximum Gasteiger partial charge on any atom is 0.253 e. The average Bonchev–Trinajstić information content (AvgIpc) is 3.06. The van der Waals surface area contributed by atoms with Gasteiger partial charge in [-0.15, -0.1) is 0 Å². The molecule has 1 aliphatic heterocycles. The Balaban J connectivity index is 1.74. The second-order valence-electron chi connectivity index (χ2n) is 6.31. The molecule has 3 rings (SSSR count). The number of phenolic OH excluding ortho intramolecular Hbond substituents is 1. The van der Waals surface area contributed by atoms with Gasteiger partial charge in [-0.05, 0) is 41.8 Å². The van der Waals surface area contributed by atoms with Crippen molar-refractivity contribution in [2.75, 3.05) is 13.1 Å². The first-order chi connectivity index (χ1) is 12.3. The van der Waals surface area contributed by atoms with Crippen molar-refractivity contribution in [3.63, 3.8) is 0 Å². The van der Waals surface area contributed by atoms with Crippen molar-refractivity contribution in [3.8, 4) is 16.9 Å². The molecule has 0 saturated carbocycles. The van der Waals surface area contributed by atoms with E-state index in [0.29, 0.717) is 36.2 Å². The van der Waals surface area contributed by atoms with E-state index in [2.05, 4.69) is 5.32 Å². The van der Waals surface area contributed by atoms with Crippen LogP contribution in [0, 0.1) is 11.6 Å². The van der Waals surface area contributed by atoms with Gasteiger partial charge in [0.1, 0.15) is 0 Å². The van der Waals surface area contributed by atoms with Crippen molar-refractivity contribution in [2.24, 2.45) is 0 Å². The number of halogens is 2. The predicted molar refractivity (Wildman–Crippen MR) is 91.6 cm³/mol. The molecule has 2 amide bonds. The number of amides is 2. The third kappa shape index (κ3) is 3.66. The lowest BCUT2D eigenvalue weighted by molar-refractivity contribution is -0.119. The quantitative estimate of drug-likeness (QED) is 0.884. The van der Waals surface area contributed by atoms with Gasteiger partial charge in [0.2, 0.25) is 5.91 Å². The number of nitrogens with one attached hydrogen (secondary N) is 1. The lowest BCUT2D eigenvalue weighted by Gasteiger charge is -2.17. The number of phenols is 1. The van der Waals surface area contributed by atoms with Crippen molar-refractivity contribution in [1.29, 1.82) is 0 Å². The molecule has 2 aromatic rings. The number of carbonyl (C=O) groups excluding carboxylic acids is 2. The molecule has 0 aromatic heterocycles. The van der Waals surface area contributed by atoms with Crippen LogP contribution in [0.15, 0.2) is 36.4 Å². The number of benzene rings is 2.